The number of hydrazine groups is 1. The summed E-state index contributed by atoms with van der Waals surface area (Å²) >= 11 is 0. The van der Waals surface area contributed by atoms with Gasteiger partial charge in [-0.25, -0.2) is 5.84 Å². The first-order valence-corrected chi connectivity index (χ1v) is 5.89. The summed E-state index contributed by atoms with van der Waals surface area (Å²) in [5, 5.41) is 2.84. The second kappa shape index (κ2) is 6.69. The number of hydrogen-bond acceptors (Lipinski definition) is 8. The predicted octanol–water partition coefficient (Wildman–Crippen LogP) is -0.522. The van der Waals surface area contributed by atoms with Gasteiger partial charge in [-0.15, -0.1) is 0 Å². The van der Waals surface area contributed by atoms with Crippen molar-refractivity contribution >= 4 is 17.8 Å². The smallest absolute Gasteiger partial charge is 0.323 e. The third-order valence-electron chi connectivity index (χ3n) is 2.28. The highest BCUT2D eigenvalue weighted by Crippen LogP contribution is 2.13. The summed E-state index contributed by atoms with van der Waals surface area (Å²) in [6.45, 7) is 5.91. The Morgan fingerprint density at radius 3 is 2.42 bits per heavy atom. The average Bonchev–Trinajstić information content (AvgIpc) is 2.35. The number of amides is 1. The lowest BCUT2D eigenvalue weighted by molar-refractivity contribution is -0.119. The molecule has 0 saturated carbocycles. The molecule has 1 heterocycles. The number of nitrogens with two attached hydrogens (primary N) is 2. The van der Waals surface area contributed by atoms with Crippen molar-refractivity contribution in [3.05, 3.63) is 0 Å². The van der Waals surface area contributed by atoms with E-state index in [1.54, 1.807) is 6.92 Å². The van der Waals surface area contributed by atoms with Gasteiger partial charge in [0.2, 0.25) is 17.8 Å². The van der Waals surface area contributed by atoms with Gasteiger partial charge < -0.3 is 15.8 Å². The number of hydrogen-bond donors (Lipinski definition) is 4. The second-order valence-corrected chi connectivity index (χ2v) is 4.11. The lowest BCUT2D eigenvalue weighted by Crippen LogP contribution is -2.40. The minimum absolute atomic E-state index is 0.0147. The number of nitrogens with one attached hydrogen (secondary N) is 2. The molecule has 0 fully saturated rings. The molecule has 1 rings (SSSR count). The van der Waals surface area contributed by atoms with E-state index in [0.29, 0.717) is 6.61 Å². The maximum atomic E-state index is 11.3. The Hall–Kier alpha value is -2.16. The molecule has 19 heavy (non-hydrogen) atoms. The highest BCUT2D eigenvalue weighted by atomic mass is 16.5. The summed E-state index contributed by atoms with van der Waals surface area (Å²) in [6, 6.07) is -0.484. The molecule has 0 saturated heterocycles. The fourth-order valence-corrected chi connectivity index (χ4v) is 1.38. The molecule has 9 heteroatoms. The Bertz CT molecular complexity index is 438. The monoisotopic (exact) mass is 269 g/mol. The van der Waals surface area contributed by atoms with Crippen LogP contribution in [0.15, 0.2) is 0 Å². The molecule has 1 atom stereocenters. The minimum Gasteiger partial charge on any atom is -0.464 e. The van der Waals surface area contributed by atoms with E-state index in [-0.39, 0.29) is 23.8 Å². The fraction of sp³-hybridized carbons (Fsp3) is 0.600. The maximum absolute atomic E-state index is 11.3. The van der Waals surface area contributed by atoms with Crippen molar-refractivity contribution < 1.29 is 9.53 Å². The Morgan fingerprint density at radius 1 is 1.32 bits per heavy atom. The molecule has 0 spiro atoms. The highest BCUT2D eigenvalue weighted by molar-refractivity contribution is 5.82. The number of primary amides is 1. The SMILES string of the molecule is CCOc1nc(NN)nc(NC(C(N)=O)C(C)C)n1. The van der Waals surface area contributed by atoms with Gasteiger partial charge in [0.05, 0.1) is 6.61 Å². The van der Waals surface area contributed by atoms with E-state index in [1.807, 2.05) is 13.8 Å². The number of nitrogen functional groups attached to an aromatic ring is 1. The number of nitrogens with zero attached hydrogens (tertiary/aromatic N) is 3. The number of carbonyl (C=O) groups excluding carboxylic acids is 1. The fourth-order valence-electron chi connectivity index (χ4n) is 1.38. The molecule has 9 nitrogen and oxygen atoms in total. The molecule has 0 radical (unpaired) electrons. The van der Waals surface area contributed by atoms with E-state index in [0.717, 1.165) is 0 Å². The zero-order valence-electron chi connectivity index (χ0n) is 11.2. The van der Waals surface area contributed by atoms with Crippen molar-refractivity contribution in [3.63, 3.8) is 0 Å². The highest BCUT2D eigenvalue weighted by Gasteiger charge is 2.21. The van der Waals surface area contributed by atoms with Crippen molar-refractivity contribution in [1.29, 1.82) is 0 Å². The topological polar surface area (TPSA) is 141 Å². The van der Waals surface area contributed by atoms with E-state index in [1.165, 1.54) is 0 Å². The van der Waals surface area contributed by atoms with Crippen LogP contribution in [0.2, 0.25) is 0 Å². The normalized spacial score (nSPS) is 12.1. The standard InChI is InChI=1S/C10H19N7O2/c1-4-19-10-15-8(14-9(16-10)17-12)13-6(5(2)3)7(11)18/h5-6H,4,12H2,1-3H3,(H2,11,18)(H2,13,14,15,16,17). The van der Waals surface area contributed by atoms with Gasteiger partial charge in [0, 0.05) is 0 Å². The maximum Gasteiger partial charge on any atom is 0.323 e. The molecule has 1 aromatic heterocycles. The van der Waals surface area contributed by atoms with Crippen LogP contribution < -0.4 is 27.1 Å². The zero-order chi connectivity index (χ0) is 14.4. The van der Waals surface area contributed by atoms with Crippen LogP contribution in [0.25, 0.3) is 0 Å². The summed E-state index contributed by atoms with van der Waals surface area (Å²) in [4.78, 5) is 23.2. The molecule has 0 aliphatic heterocycles. The zero-order valence-corrected chi connectivity index (χ0v) is 11.2. The van der Waals surface area contributed by atoms with Crippen molar-refractivity contribution in [2.45, 2.75) is 26.8 Å². The number of ether oxygens (including phenoxy) is 1. The number of anilines is 2. The molecular weight excluding hydrogens is 250 g/mol. The largest absolute Gasteiger partial charge is 0.464 e. The van der Waals surface area contributed by atoms with Gasteiger partial charge in [0.25, 0.3) is 0 Å². The molecular formula is C10H19N7O2. The first-order valence-electron chi connectivity index (χ1n) is 5.89. The summed E-state index contributed by atoms with van der Waals surface area (Å²) in [6.07, 6.45) is 0. The van der Waals surface area contributed by atoms with Crippen molar-refractivity contribution in [3.8, 4) is 6.01 Å². The van der Waals surface area contributed by atoms with Gasteiger partial charge in [0.15, 0.2) is 0 Å². The predicted molar refractivity (Wildman–Crippen MR) is 70.2 cm³/mol. The van der Waals surface area contributed by atoms with Gasteiger partial charge in [-0.05, 0) is 12.8 Å². The van der Waals surface area contributed by atoms with Crippen LogP contribution in [0.4, 0.5) is 11.9 Å². The van der Waals surface area contributed by atoms with Gasteiger partial charge >= 0.3 is 6.01 Å². The summed E-state index contributed by atoms with van der Waals surface area (Å²) in [5.41, 5.74) is 7.61. The quantitative estimate of drug-likeness (QED) is 0.382. The van der Waals surface area contributed by atoms with Crippen molar-refractivity contribution in [2.24, 2.45) is 17.5 Å². The van der Waals surface area contributed by atoms with Crippen LogP contribution in [0.1, 0.15) is 20.8 Å². The van der Waals surface area contributed by atoms with E-state index >= 15 is 0 Å². The second-order valence-electron chi connectivity index (χ2n) is 4.11. The van der Waals surface area contributed by atoms with E-state index < -0.39 is 11.9 Å². The molecule has 0 aliphatic rings. The number of rotatable bonds is 7. The lowest BCUT2D eigenvalue weighted by atomic mass is 10.0. The van der Waals surface area contributed by atoms with Crippen LogP contribution in [0.3, 0.4) is 0 Å². The molecule has 0 aromatic carbocycles. The third-order valence-corrected chi connectivity index (χ3v) is 2.28. The number of aromatic nitrogens is 3. The molecule has 1 amide bonds. The third kappa shape index (κ3) is 4.21. The number of carbonyl (C=O) groups is 1. The van der Waals surface area contributed by atoms with Crippen LogP contribution in [0.5, 0.6) is 6.01 Å². The Balaban J connectivity index is 2.98. The molecule has 1 aromatic rings. The lowest BCUT2D eigenvalue weighted by Gasteiger charge is -2.19. The molecule has 0 bridgehead atoms. The molecule has 0 aliphatic carbocycles. The first-order chi connectivity index (χ1) is 8.97. The molecule has 1 unspecified atom stereocenters. The summed E-state index contributed by atoms with van der Waals surface area (Å²) in [5.74, 6) is 5.05. The van der Waals surface area contributed by atoms with Crippen LogP contribution in [0, 0.1) is 5.92 Å². The van der Waals surface area contributed by atoms with Gasteiger partial charge in [-0.2, -0.15) is 15.0 Å². The van der Waals surface area contributed by atoms with Crippen LogP contribution in [-0.2, 0) is 4.79 Å². The van der Waals surface area contributed by atoms with Crippen LogP contribution >= 0.6 is 0 Å². The Kier molecular flexibility index (Phi) is 5.24. The molecule has 106 valence electrons. The molecule has 6 N–H and O–H groups in total. The van der Waals surface area contributed by atoms with Crippen molar-refractivity contribution in [2.75, 3.05) is 17.3 Å². The van der Waals surface area contributed by atoms with Gasteiger partial charge in [0.1, 0.15) is 6.04 Å². The van der Waals surface area contributed by atoms with E-state index in [2.05, 4.69) is 25.7 Å². The average molecular weight is 269 g/mol. The first kappa shape index (κ1) is 14.9. The summed E-state index contributed by atoms with van der Waals surface area (Å²) in [7, 11) is 0. The Morgan fingerprint density at radius 2 is 1.95 bits per heavy atom. The Labute approximate surface area is 111 Å². The minimum atomic E-state index is -0.595. The van der Waals surface area contributed by atoms with Gasteiger partial charge in [-0.3, -0.25) is 10.2 Å². The summed E-state index contributed by atoms with van der Waals surface area (Å²) < 4.78 is 5.18. The van der Waals surface area contributed by atoms with E-state index in [4.69, 9.17) is 16.3 Å². The van der Waals surface area contributed by atoms with Crippen LogP contribution in [-0.4, -0.2) is 33.5 Å². The van der Waals surface area contributed by atoms with Gasteiger partial charge in [-0.1, -0.05) is 13.8 Å². The van der Waals surface area contributed by atoms with E-state index in [9.17, 15) is 4.79 Å². The van der Waals surface area contributed by atoms with Crippen molar-refractivity contribution in [1.82, 2.24) is 15.0 Å².